The second-order valence-corrected chi connectivity index (χ2v) is 4.27. The van der Waals surface area contributed by atoms with E-state index in [0.29, 0.717) is 19.6 Å². The van der Waals surface area contributed by atoms with Gasteiger partial charge in [0.2, 0.25) is 0 Å². The lowest BCUT2D eigenvalue weighted by Gasteiger charge is -2.49. The second-order valence-electron chi connectivity index (χ2n) is 4.27. The third kappa shape index (κ3) is 2.41. The third-order valence-electron chi connectivity index (χ3n) is 2.91. The molecule has 0 spiro atoms. The van der Waals surface area contributed by atoms with Crippen molar-refractivity contribution in [2.24, 2.45) is 0 Å². The molecule has 0 aromatic rings. The average Bonchev–Trinajstić information content (AvgIpc) is 2.18. The Morgan fingerprint density at radius 1 is 1.56 bits per heavy atom. The highest BCUT2D eigenvalue weighted by Crippen LogP contribution is 2.27. The minimum atomic E-state index is -2.72. The zero-order valence-corrected chi connectivity index (χ0v) is 10.4. The molecule has 0 saturated carbocycles. The van der Waals surface area contributed by atoms with Crippen molar-refractivity contribution in [3.05, 3.63) is 23.9 Å². The number of alkyl halides is 2. The quantitative estimate of drug-likeness (QED) is 0.774. The molecule has 0 bridgehead atoms. The van der Waals surface area contributed by atoms with Gasteiger partial charge in [0, 0.05) is 18.8 Å². The highest BCUT2D eigenvalue weighted by atomic mass is 19.3. The van der Waals surface area contributed by atoms with Crippen molar-refractivity contribution in [1.29, 1.82) is 0 Å². The van der Waals surface area contributed by atoms with Crippen molar-refractivity contribution >= 4 is 0 Å². The zero-order chi connectivity index (χ0) is 13.3. The lowest BCUT2D eigenvalue weighted by atomic mass is 10.2. The second kappa shape index (κ2) is 5.11. The Morgan fingerprint density at radius 3 is 2.61 bits per heavy atom. The molecule has 0 atom stereocenters. The van der Waals surface area contributed by atoms with Gasteiger partial charge in [-0.05, 0) is 6.92 Å². The first-order chi connectivity index (χ1) is 8.52. The summed E-state index contributed by atoms with van der Waals surface area (Å²) >= 11 is 0. The van der Waals surface area contributed by atoms with Crippen LogP contribution < -0.4 is 5.32 Å². The van der Waals surface area contributed by atoms with E-state index in [2.05, 4.69) is 16.6 Å². The van der Waals surface area contributed by atoms with Crippen LogP contribution in [0.25, 0.3) is 0 Å². The SMILES string of the molecule is C=C(C)N(C1=C(OC)CN1)N1CC(OC(F)F)C1. The molecular formula is C11H17F2N3O2. The number of ether oxygens (including phenoxy) is 2. The molecule has 2 heterocycles. The van der Waals surface area contributed by atoms with E-state index in [-0.39, 0.29) is 0 Å². The van der Waals surface area contributed by atoms with E-state index in [1.54, 1.807) is 7.11 Å². The highest BCUT2D eigenvalue weighted by Gasteiger charge is 2.37. The maximum atomic E-state index is 12.0. The van der Waals surface area contributed by atoms with Crippen molar-refractivity contribution in [1.82, 2.24) is 15.3 Å². The molecular weight excluding hydrogens is 244 g/mol. The van der Waals surface area contributed by atoms with Gasteiger partial charge in [0.15, 0.2) is 11.6 Å². The van der Waals surface area contributed by atoms with E-state index < -0.39 is 12.7 Å². The number of hydrogen-bond donors (Lipinski definition) is 1. The molecule has 2 rings (SSSR count). The number of methoxy groups -OCH3 is 1. The van der Waals surface area contributed by atoms with Gasteiger partial charge in [0.1, 0.15) is 0 Å². The van der Waals surface area contributed by atoms with Gasteiger partial charge in [-0.2, -0.15) is 8.78 Å². The number of rotatable bonds is 6. The van der Waals surface area contributed by atoms with Crippen molar-refractivity contribution in [3.63, 3.8) is 0 Å². The predicted molar refractivity (Wildman–Crippen MR) is 61.1 cm³/mol. The number of allylic oxidation sites excluding steroid dienone is 1. The van der Waals surface area contributed by atoms with Crippen LogP contribution in [0.1, 0.15) is 6.92 Å². The summed E-state index contributed by atoms with van der Waals surface area (Å²) in [6, 6.07) is 0. The van der Waals surface area contributed by atoms with E-state index in [0.717, 1.165) is 17.3 Å². The van der Waals surface area contributed by atoms with E-state index in [1.807, 2.05) is 16.9 Å². The Labute approximate surface area is 105 Å². The molecule has 18 heavy (non-hydrogen) atoms. The maximum Gasteiger partial charge on any atom is 0.345 e. The smallest absolute Gasteiger partial charge is 0.345 e. The fourth-order valence-electron chi connectivity index (χ4n) is 1.99. The Kier molecular flexibility index (Phi) is 3.72. The van der Waals surface area contributed by atoms with Crippen LogP contribution in [0.15, 0.2) is 23.9 Å². The third-order valence-corrected chi connectivity index (χ3v) is 2.91. The van der Waals surface area contributed by atoms with E-state index in [1.165, 1.54) is 0 Å². The molecule has 1 saturated heterocycles. The van der Waals surface area contributed by atoms with Crippen molar-refractivity contribution in [2.75, 3.05) is 26.7 Å². The molecule has 0 radical (unpaired) electrons. The van der Waals surface area contributed by atoms with Gasteiger partial charge in [-0.15, -0.1) is 0 Å². The topological polar surface area (TPSA) is 37.0 Å². The van der Waals surface area contributed by atoms with Gasteiger partial charge < -0.3 is 14.8 Å². The van der Waals surface area contributed by atoms with E-state index in [4.69, 9.17) is 4.74 Å². The zero-order valence-electron chi connectivity index (χ0n) is 10.4. The van der Waals surface area contributed by atoms with Crippen LogP contribution >= 0.6 is 0 Å². The predicted octanol–water partition coefficient (Wildman–Crippen LogP) is 1.08. The first kappa shape index (κ1) is 13.1. The Balaban J connectivity index is 1.96. The summed E-state index contributed by atoms with van der Waals surface area (Å²) in [7, 11) is 1.60. The van der Waals surface area contributed by atoms with Crippen molar-refractivity contribution < 1.29 is 18.3 Å². The van der Waals surface area contributed by atoms with E-state index in [9.17, 15) is 8.78 Å². The van der Waals surface area contributed by atoms with Gasteiger partial charge in [0.05, 0.1) is 19.8 Å². The van der Waals surface area contributed by atoms with Gasteiger partial charge in [-0.3, -0.25) is 5.01 Å². The summed E-state index contributed by atoms with van der Waals surface area (Å²) in [5.41, 5.74) is 0.794. The van der Waals surface area contributed by atoms with Gasteiger partial charge in [0.25, 0.3) is 0 Å². The lowest BCUT2D eigenvalue weighted by Crippen LogP contribution is -2.61. The molecule has 0 aliphatic carbocycles. The summed E-state index contributed by atoms with van der Waals surface area (Å²) < 4.78 is 33.7. The molecule has 1 N–H and O–H groups in total. The standard InChI is InChI=1S/C11H17F2N3O2/c1-7(2)16(10-9(17-3)4-14-10)15-5-8(6-15)18-11(12)13/h8,11,14H,1,4-6H2,2-3H3. The average molecular weight is 261 g/mol. The largest absolute Gasteiger partial charge is 0.495 e. The molecule has 2 aliphatic heterocycles. The molecule has 0 aromatic carbocycles. The van der Waals surface area contributed by atoms with Crippen molar-refractivity contribution in [3.8, 4) is 0 Å². The molecule has 1 fully saturated rings. The monoisotopic (exact) mass is 261 g/mol. The number of hydrazine groups is 1. The first-order valence-electron chi connectivity index (χ1n) is 5.68. The van der Waals surface area contributed by atoms with Crippen LogP contribution in [0, 0.1) is 0 Å². The Morgan fingerprint density at radius 2 is 2.22 bits per heavy atom. The van der Waals surface area contributed by atoms with Crippen molar-refractivity contribution in [2.45, 2.75) is 19.6 Å². The Hall–Kier alpha value is -1.34. The molecule has 2 aliphatic rings. The number of hydrogen-bond acceptors (Lipinski definition) is 5. The first-order valence-corrected chi connectivity index (χ1v) is 5.68. The normalized spacial score (nSPS) is 20.3. The fraction of sp³-hybridized carbons (Fsp3) is 0.636. The lowest BCUT2D eigenvalue weighted by molar-refractivity contribution is -0.221. The Bertz CT molecular complexity index is 367. The van der Waals surface area contributed by atoms with Crippen LogP contribution in [-0.2, 0) is 9.47 Å². The molecule has 0 aromatic heterocycles. The molecule has 102 valence electrons. The summed E-state index contributed by atoms with van der Waals surface area (Å²) in [5.74, 6) is 1.65. The molecule has 0 amide bonds. The fourth-order valence-corrected chi connectivity index (χ4v) is 1.99. The summed E-state index contributed by atoms with van der Waals surface area (Å²) in [4.78, 5) is 0. The number of nitrogens with zero attached hydrogens (tertiary/aromatic N) is 2. The van der Waals surface area contributed by atoms with Crippen LogP contribution in [0.2, 0.25) is 0 Å². The van der Waals surface area contributed by atoms with Gasteiger partial charge in [-0.1, -0.05) is 6.58 Å². The van der Waals surface area contributed by atoms with Gasteiger partial charge in [-0.25, -0.2) is 5.01 Å². The summed E-state index contributed by atoms with van der Waals surface area (Å²) in [5, 5.41) is 6.85. The van der Waals surface area contributed by atoms with Crippen LogP contribution in [0.5, 0.6) is 0 Å². The molecule has 5 nitrogen and oxygen atoms in total. The van der Waals surface area contributed by atoms with Crippen LogP contribution in [0.3, 0.4) is 0 Å². The maximum absolute atomic E-state index is 12.0. The van der Waals surface area contributed by atoms with E-state index >= 15 is 0 Å². The van der Waals surface area contributed by atoms with Crippen LogP contribution in [0.4, 0.5) is 8.78 Å². The molecule has 0 unspecified atom stereocenters. The molecule has 7 heteroatoms. The number of nitrogens with one attached hydrogen (secondary N) is 1. The van der Waals surface area contributed by atoms with Crippen LogP contribution in [-0.4, -0.2) is 49.5 Å². The highest BCUT2D eigenvalue weighted by molar-refractivity contribution is 5.21. The minimum absolute atomic E-state index is 0.416. The summed E-state index contributed by atoms with van der Waals surface area (Å²) in [6.45, 7) is 4.51. The number of halogens is 2. The summed E-state index contributed by atoms with van der Waals surface area (Å²) in [6.07, 6.45) is -0.432. The minimum Gasteiger partial charge on any atom is -0.495 e. The van der Waals surface area contributed by atoms with Gasteiger partial charge >= 0.3 is 6.61 Å².